The summed E-state index contributed by atoms with van der Waals surface area (Å²) in [6.45, 7) is 3.86. The van der Waals surface area contributed by atoms with Gasteiger partial charge in [0, 0.05) is 16.7 Å². The Hall–Kier alpha value is -1.53. The van der Waals surface area contributed by atoms with Gasteiger partial charge in [0.2, 0.25) is 5.91 Å². The number of nitrogens with one attached hydrogen (secondary N) is 1. The lowest BCUT2D eigenvalue weighted by molar-refractivity contribution is -0.124. The highest BCUT2D eigenvalue weighted by atomic mass is 35.5. The van der Waals surface area contributed by atoms with E-state index in [1.54, 1.807) is 11.8 Å². The Balaban J connectivity index is 1.81. The molecule has 0 radical (unpaired) electrons. The van der Waals surface area contributed by atoms with Crippen molar-refractivity contribution in [1.82, 2.24) is 5.32 Å². The summed E-state index contributed by atoms with van der Waals surface area (Å²) in [5, 5.41) is 24.9. The molecule has 0 aromatic heterocycles. The molecule has 1 saturated carbocycles. The van der Waals surface area contributed by atoms with Crippen molar-refractivity contribution in [2.24, 2.45) is 5.92 Å². The zero-order valence-electron chi connectivity index (χ0n) is 18.3. The maximum absolute atomic E-state index is 13.1. The number of amides is 1. The van der Waals surface area contributed by atoms with Crippen molar-refractivity contribution >= 4 is 29.3 Å². The van der Waals surface area contributed by atoms with Crippen LogP contribution in [-0.4, -0.2) is 34.5 Å². The number of rotatable bonds is 8. The molecule has 0 heterocycles. The van der Waals surface area contributed by atoms with Gasteiger partial charge in [0.05, 0.1) is 23.3 Å². The highest BCUT2D eigenvalue weighted by Crippen LogP contribution is 2.46. The van der Waals surface area contributed by atoms with Crippen LogP contribution in [0.25, 0.3) is 0 Å². The van der Waals surface area contributed by atoms with Gasteiger partial charge < -0.3 is 15.5 Å². The van der Waals surface area contributed by atoms with Crippen molar-refractivity contribution in [1.29, 1.82) is 0 Å². The Labute approximate surface area is 194 Å². The minimum atomic E-state index is -0.788. The normalized spacial score (nSPS) is 22.5. The van der Waals surface area contributed by atoms with Crippen LogP contribution in [0, 0.1) is 5.92 Å². The van der Waals surface area contributed by atoms with Crippen LogP contribution in [0.2, 0.25) is 5.02 Å². The smallest absolute Gasteiger partial charge is 0.221 e. The van der Waals surface area contributed by atoms with Gasteiger partial charge in [0.25, 0.3) is 0 Å². The van der Waals surface area contributed by atoms with E-state index in [-0.39, 0.29) is 18.2 Å². The maximum Gasteiger partial charge on any atom is 0.221 e. The van der Waals surface area contributed by atoms with E-state index in [1.165, 1.54) is 0 Å². The van der Waals surface area contributed by atoms with Gasteiger partial charge in [-0.1, -0.05) is 61.3 Å². The first-order chi connectivity index (χ1) is 14.8. The third-order valence-electron chi connectivity index (χ3n) is 6.64. The molecule has 2 aromatic carbocycles. The molecule has 5 atom stereocenters. The number of aliphatic hydroxyl groups excluding tert-OH is 2. The molecule has 0 aliphatic heterocycles. The number of carbonyl (C=O) groups excluding carboxylic acids is 1. The van der Waals surface area contributed by atoms with Crippen molar-refractivity contribution in [2.45, 2.75) is 68.1 Å². The fraction of sp³-hybridized carbons (Fsp3) is 0.480. The van der Waals surface area contributed by atoms with Gasteiger partial charge in [-0.25, -0.2) is 0 Å². The monoisotopic (exact) mass is 461 g/mol. The lowest BCUT2D eigenvalue weighted by Crippen LogP contribution is -2.44. The number of benzene rings is 2. The first kappa shape index (κ1) is 24.1. The molecule has 3 rings (SSSR count). The van der Waals surface area contributed by atoms with E-state index >= 15 is 0 Å². The molecule has 0 bridgehead atoms. The van der Waals surface area contributed by atoms with Crippen LogP contribution in [0.15, 0.2) is 53.4 Å². The summed E-state index contributed by atoms with van der Waals surface area (Å²) in [6.07, 6.45) is 3.54. The lowest BCUT2D eigenvalue weighted by Gasteiger charge is -2.38. The summed E-state index contributed by atoms with van der Waals surface area (Å²) in [4.78, 5) is 14.1. The molecular formula is C25H32ClNO3S. The van der Waals surface area contributed by atoms with E-state index in [0.29, 0.717) is 5.02 Å². The zero-order valence-corrected chi connectivity index (χ0v) is 19.9. The van der Waals surface area contributed by atoms with Crippen molar-refractivity contribution in [3.05, 3.63) is 64.7 Å². The van der Waals surface area contributed by atoms with Crippen LogP contribution in [0.5, 0.6) is 0 Å². The summed E-state index contributed by atoms with van der Waals surface area (Å²) < 4.78 is 0. The second-order valence-electron chi connectivity index (χ2n) is 8.76. The van der Waals surface area contributed by atoms with Crippen molar-refractivity contribution in [3.63, 3.8) is 0 Å². The summed E-state index contributed by atoms with van der Waals surface area (Å²) >= 11 is 8.07. The largest absolute Gasteiger partial charge is 0.393 e. The van der Waals surface area contributed by atoms with Gasteiger partial charge in [-0.3, -0.25) is 4.79 Å². The van der Waals surface area contributed by atoms with E-state index in [0.717, 1.165) is 35.3 Å². The van der Waals surface area contributed by atoms with Gasteiger partial charge in [-0.05, 0) is 55.2 Å². The predicted molar refractivity (Wildman–Crippen MR) is 128 cm³/mol. The van der Waals surface area contributed by atoms with Gasteiger partial charge in [-0.2, -0.15) is 0 Å². The number of thioether (sulfide) groups is 1. The highest BCUT2D eigenvalue weighted by Gasteiger charge is 2.44. The van der Waals surface area contributed by atoms with Gasteiger partial charge in [0.15, 0.2) is 0 Å². The minimum Gasteiger partial charge on any atom is -0.393 e. The predicted octanol–water partition coefficient (Wildman–Crippen LogP) is 5.11. The van der Waals surface area contributed by atoms with Gasteiger partial charge in [-0.15, -0.1) is 11.8 Å². The van der Waals surface area contributed by atoms with E-state index in [9.17, 15) is 15.0 Å². The van der Waals surface area contributed by atoms with Crippen molar-refractivity contribution < 1.29 is 15.0 Å². The summed E-state index contributed by atoms with van der Waals surface area (Å²) in [7, 11) is 0. The lowest BCUT2D eigenvalue weighted by atomic mass is 9.67. The molecule has 6 heteroatoms. The second kappa shape index (κ2) is 10.4. The summed E-state index contributed by atoms with van der Waals surface area (Å²) in [5.41, 5.74) is 1.18. The van der Waals surface area contributed by atoms with E-state index in [4.69, 9.17) is 11.6 Å². The van der Waals surface area contributed by atoms with Crippen LogP contribution in [0.4, 0.5) is 0 Å². The molecule has 1 aliphatic carbocycles. The molecule has 5 unspecified atom stereocenters. The van der Waals surface area contributed by atoms with Crippen molar-refractivity contribution in [2.75, 3.05) is 6.26 Å². The van der Waals surface area contributed by atoms with Crippen molar-refractivity contribution in [3.8, 4) is 0 Å². The quantitative estimate of drug-likeness (QED) is 0.478. The number of aliphatic hydroxyl groups is 2. The Morgan fingerprint density at radius 1 is 1.26 bits per heavy atom. The van der Waals surface area contributed by atoms with E-state index in [2.05, 4.69) is 12.2 Å². The fourth-order valence-corrected chi connectivity index (χ4v) is 5.68. The van der Waals surface area contributed by atoms with E-state index in [1.807, 2.05) is 61.7 Å². The number of halogens is 1. The summed E-state index contributed by atoms with van der Waals surface area (Å²) in [5.74, 6) is -0.169. The average Bonchev–Trinajstić information content (AvgIpc) is 3.20. The topological polar surface area (TPSA) is 69.6 Å². The Morgan fingerprint density at radius 3 is 2.55 bits per heavy atom. The molecule has 4 nitrogen and oxygen atoms in total. The molecule has 1 fully saturated rings. The SMILES string of the molecule is CSc1ccc(C(C)(CC(=O)NC(C)C(O)c2ccccc2)C2CCCC2O)cc1Cl. The second-order valence-corrected chi connectivity index (χ2v) is 10.0. The van der Waals surface area contributed by atoms with Gasteiger partial charge >= 0.3 is 0 Å². The van der Waals surface area contributed by atoms with Gasteiger partial charge in [0.1, 0.15) is 0 Å². The molecule has 31 heavy (non-hydrogen) atoms. The van der Waals surface area contributed by atoms with Crippen LogP contribution >= 0.6 is 23.4 Å². The summed E-state index contributed by atoms with van der Waals surface area (Å²) in [6, 6.07) is 14.8. The highest BCUT2D eigenvalue weighted by molar-refractivity contribution is 7.98. The Morgan fingerprint density at radius 2 is 1.97 bits per heavy atom. The first-order valence-corrected chi connectivity index (χ1v) is 12.4. The Kier molecular flexibility index (Phi) is 8.08. The standard InChI is InChI=1S/C25H32ClNO3S/c1-16(24(30)17-8-5-4-6-9-17)27-23(29)15-25(2,19-10-7-11-21(19)28)18-12-13-22(31-3)20(26)14-18/h4-6,8-9,12-14,16,19,21,24,28,30H,7,10-11,15H2,1-3H3,(H,27,29). The first-order valence-electron chi connectivity index (χ1n) is 10.8. The van der Waals surface area contributed by atoms with E-state index < -0.39 is 23.7 Å². The molecule has 168 valence electrons. The maximum atomic E-state index is 13.1. The zero-order chi connectivity index (χ0) is 22.6. The third kappa shape index (κ3) is 5.46. The average molecular weight is 462 g/mol. The van der Waals surface area contributed by atoms with Crippen LogP contribution < -0.4 is 5.32 Å². The molecule has 3 N–H and O–H groups in total. The molecular weight excluding hydrogens is 430 g/mol. The molecule has 0 spiro atoms. The molecule has 2 aromatic rings. The number of hydrogen-bond acceptors (Lipinski definition) is 4. The van der Waals surface area contributed by atoms with Crippen LogP contribution in [-0.2, 0) is 10.2 Å². The van der Waals surface area contributed by atoms with Crippen LogP contribution in [0.3, 0.4) is 0 Å². The third-order valence-corrected chi connectivity index (χ3v) is 7.86. The molecule has 0 saturated heterocycles. The Bertz CT molecular complexity index is 894. The van der Waals surface area contributed by atoms with Crippen LogP contribution in [0.1, 0.15) is 56.8 Å². The molecule has 1 aliphatic rings. The fourth-order valence-electron chi connectivity index (χ4n) is 4.81. The molecule has 1 amide bonds. The number of hydrogen-bond donors (Lipinski definition) is 3. The number of carbonyl (C=O) groups is 1. The minimum absolute atomic E-state index is 0.0243.